The number of methoxy groups -OCH3 is 1. The van der Waals surface area contributed by atoms with Crippen LogP contribution in [0.5, 0.6) is 5.75 Å². The molecule has 1 aromatic carbocycles. The first-order valence-electron chi connectivity index (χ1n) is 9.18. The van der Waals surface area contributed by atoms with Crippen LogP contribution >= 0.6 is 0 Å². The number of nitrogens with zero attached hydrogens (tertiary/aromatic N) is 1. The molecular weight excluding hydrogens is 338 g/mol. The molecule has 1 aliphatic heterocycles. The highest BCUT2D eigenvalue weighted by molar-refractivity contribution is 5.49. The van der Waals surface area contributed by atoms with E-state index in [9.17, 15) is 0 Å². The molecule has 1 saturated heterocycles. The van der Waals surface area contributed by atoms with Gasteiger partial charge in [0.15, 0.2) is 0 Å². The summed E-state index contributed by atoms with van der Waals surface area (Å²) in [5, 5.41) is 0. The van der Waals surface area contributed by atoms with E-state index in [1.165, 1.54) is 0 Å². The Kier molecular flexibility index (Phi) is 11.1. The van der Waals surface area contributed by atoms with Crippen LogP contribution in [0.1, 0.15) is 0 Å². The predicted octanol–water partition coefficient (Wildman–Crippen LogP) is 1.60. The second kappa shape index (κ2) is 13.8. The highest BCUT2D eigenvalue weighted by atomic mass is 16.6. The van der Waals surface area contributed by atoms with Gasteiger partial charge in [0.05, 0.1) is 73.2 Å². The van der Waals surface area contributed by atoms with E-state index in [2.05, 4.69) is 17.0 Å². The summed E-state index contributed by atoms with van der Waals surface area (Å²) in [6, 6.07) is 8.03. The van der Waals surface area contributed by atoms with Crippen LogP contribution < -0.4 is 9.64 Å². The second-order valence-corrected chi connectivity index (χ2v) is 5.75. The number of ether oxygens (including phenoxy) is 6. The molecule has 0 amide bonds. The third-order valence-corrected chi connectivity index (χ3v) is 3.94. The van der Waals surface area contributed by atoms with Crippen LogP contribution in [0.3, 0.4) is 0 Å². The Morgan fingerprint density at radius 1 is 0.615 bits per heavy atom. The van der Waals surface area contributed by atoms with Gasteiger partial charge in [-0.15, -0.1) is 0 Å². The van der Waals surface area contributed by atoms with Crippen molar-refractivity contribution in [1.29, 1.82) is 0 Å². The van der Waals surface area contributed by atoms with Gasteiger partial charge >= 0.3 is 0 Å². The maximum Gasteiger partial charge on any atom is 0.119 e. The van der Waals surface area contributed by atoms with Crippen molar-refractivity contribution in [3.63, 3.8) is 0 Å². The molecule has 148 valence electrons. The third-order valence-electron chi connectivity index (χ3n) is 3.94. The summed E-state index contributed by atoms with van der Waals surface area (Å²) in [6.45, 7) is 7.45. The minimum Gasteiger partial charge on any atom is -0.497 e. The lowest BCUT2D eigenvalue weighted by Gasteiger charge is -2.25. The lowest BCUT2D eigenvalue weighted by molar-refractivity contribution is -0.0116. The Hall–Kier alpha value is -1.38. The van der Waals surface area contributed by atoms with E-state index in [0.29, 0.717) is 66.1 Å². The molecule has 0 saturated carbocycles. The van der Waals surface area contributed by atoms with E-state index in [4.69, 9.17) is 28.4 Å². The molecule has 7 nitrogen and oxygen atoms in total. The van der Waals surface area contributed by atoms with Crippen molar-refractivity contribution < 1.29 is 28.4 Å². The molecular formula is C19H31NO6. The fourth-order valence-corrected chi connectivity index (χ4v) is 2.49. The van der Waals surface area contributed by atoms with Gasteiger partial charge in [-0.25, -0.2) is 0 Å². The van der Waals surface area contributed by atoms with Crippen LogP contribution in [0.2, 0.25) is 0 Å². The largest absolute Gasteiger partial charge is 0.497 e. The average molecular weight is 369 g/mol. The molecule has 26 heavy (non-hydrogen) atoms. The molecule has 0 radical (unpaired) electrons. The summed E-state index contributed by atoms with van der Waals surface area (Å²) >= 11 is 0. The van der Waals surface area contributed by atoms with E-state index < -0.39 is 0 Å². The van der Waals surface area contributed by atoms with Gasteiger partial charge < -0.3 is 33.3 Å². The van der Waals surface area contributed by atoms with Crippen LogP contribution in [-0.2, 0) is 23.7 Å². The van der Waals surface area contributed by atoms with Crippen molar-refractivity contribution in [2.75, 3.05) is 91.2 Å². The van der Waals surface area contributed by atoms with Crippen molar-refractivity contribution >= 4 is 5.69 Å². The number of rotatable bonds is 2. The SMILES string of the molecule is COc1ccc(N2CCOCCOCCOCCOCCOCC2)cc1. The predicted molar refractivity (Wildman–Crippen MR) is 99.3 cm³/mol. The van der Waals surface area contributed by atoms with E-state index in [0.717, 1.165) is 24.5 Å². The van der Waals surface area contributed by atoms with E-state index in [1.54, 1.807) is 7.11 Å². The molecule has 0 N–H and O–H groups in total. The van der Waals surface area contributed by atoms with E-state index in [-0.39, 0.29) is 0 Å². The zero-order valence-corrected chi connectivity index (χ0v) is 15.7. The molecule has 7 heteroatoms. The van der Waals surface area contributed by atoms with Gasteiger partial charge in [0.25, 0.3) is 0 Å². The molecule has 0 unspecified atom stereocenters. The van der Waals surface area contributed by atoms with Crippen LogP contribution in [0.15, 0.2) is 24.3 Å². The van der Waals surface area contributed by atoms with Gasteiger partial charge in [0, 0.05) is 18.8 Å². The molecule has 0 bridgehead atoms. The Balaban J connectivity index is 1.82. The molecule has 0 aliphatic carbocycles. The first-order chi connectivity index (χ1) is 12.9. The fraction of sp³-hybridized carbons (Fsp3) is 0.684. The minimum atomic E-state index is 0.574. The molecule has 1 aromatic rings. The highest BCUT2D eigenvalue weighted by Gasteiger charge is 2.07. The van der Waals surface area contributed by atoms with Crippen molar-refractivity contribution in [3.05, 3.63) is 24.3 Å². The van der Waals surface area contributed by atoms with Gasteiger partial charge in [0.1, 0.15) is 5.75 Å². The summed E-state index contributed by atoms with van der Waals surface area (Å²) in [5.41, 5.74) is 1.12. The Bertz CT molecular complexity index is 438. The van der Waals surface area contributed by atoms with Crippen molar-refractivity contribution in [2.24, 2.45) is 0 Å². The molecule has 1 heterocycles. The maximum atomic E-state index is 5.68. The molecule has 1 fully saturated rings. The van der Waals surface area contributed by atoms with Crippen LogP contribution in [0, 0.1) is 0 Å². The zero-order valence-electron chi connectivity index (χ0n) is 15.7. The van der Waals surface area contributed by atoms with Gasteiger partial charge in [-0.2, -0.15) is 0 Å². The number of anilines is 1. The third kappa shape index (κ3) is 8.82. The number of hydrogen-bond acceptors (Lipinski definition) is 7. The second-order valence-electron chi connectivity index (χ2n) is 5.75. The Morgan fingerprint density at radius 2 is 1.00 bits per heavy atom. The first kappa shape index (κ1) is 20.9. The van der Waals surface area contributed by atoms with Crippen molar-refractivity contribution in [1.82, 2.24) is 0 Å². The first-order valence-corrected chi connectivity index (χ1v) is 9.18. The van der Waals surface area contributed by atoms with Crippen LogP contribution in [0.4, 0.5) is 5.69 Å². The summed E-state index contributed by atoms with van der Waals surface area (Å²) in [5.74, 6) is 0.848. The van der Waals surface area contributed by atoms with Gasteiger partial charge in [-0.1, -0.05) is 0 Å². The summed E-state index contributed by atoms with van der Waals surface area (Å²) in [4.78, 5) is 2.25. The van der Waals surface area contributed by atoms with E-state index >= 15 is 0 Å². The minimum absolute atomic E-state index is 0.574. The zero-order chi connectivity index (χ0) is 18.3. The molecule has 2 rings (SSSR count). The van der Waals surface area contributed by atoms with Crippen molar-refractivity contribution in [3.8, 4) is 5.75 Å². The van der Waals surface area contributed by atoms with Crippen LogP contribution in [-0.4, -0.2) is 86.3 Å². The quantitative estimate of drug-likeness (QED) is 0.785. The standard InChI is InChI=1S/C19H31NO6/c1-21-19-4-2-18(3-5-19)20-6-8-22-10-12-24-14-16-26-17-15-25-13-11-23-9-7-20/h2-5H,6-17H2,1H3. The molecule has 0 aromatic heterocycles. The molecule has 0 spiro atoms. The normalized spacial score (nSPS) is 20.1. The lowest BCUT2D eigenvalue weighted by Crippen LogP contribution is -2.31. The van der Waals surface area contributed by atoms with E-state index in [1.807, 2.05) is 12.1 Å². The smallest absolute Gasteiger partial charge is 0.119 e. The Labute approximate surface area is 156 Å². The summed E-state index contributed by atoms with van der Waals surface area (Å²) < 4.78 is 33.0. The van der Waals surface area contributed by atoms with Gasteiger partial charge in [-0.05, 0) is 24.3 Å². The van der Waals surface area contributed by atoms with Crippen LogP contribution in [0.25, 0.3) is 0 Å². The van der Waals surface area contributed by atoms with Gasteiger partial charge in [0.2, 0.25) is 0 Å². The fourth-order valence-electron chi connectivity index (χ4n) is 2.49. The number of hydrogen-bond donors (Lipinski definition) is 0. The Morgan fingerprint density at radius 3 is 1.38 bits per heavy atom. The van der Waals surface area contributed by atoms with Crippen molar-refractivity contribution in [2.45, 2.75) is 0 Å². The summed E-state index contributed by atoms with van der Waals surface area (Å²) in [7, 11) is 1.67. The topological polar surface area (TPSA) is 58.6 Å². The molecule has 1 aliphatic rings. The molecule has 0 atom stereocenters. The highest BCUT2D eigenvalue weighted by Crippen LogP contribution is 2.19. The lowest BCUT2D eigenvalue weighted by atomic mass is 10.2. The average Bonchev–Trinajstić information content (AvgIpc) is 2.68. The van der Waals surface area contributed by atoms with Gasteiger partial charge in [-0.3, -0.25) is 0 Å². The maximum absolute atomic E-state index is 5.68. The number of benzene rings is 1. The summed E-state index contributed by atoms with van der Waals surface area (Å²) in [6.07, 6.45) is 0. The monoisotopic (exact) mass is 369 g/mol.